The number of carbonyl (C=O) groups is 1. The van der Waals surface area contributed by atoms with Gasteiger partial charge in [0.05, 0.1) is 22.5 Å². The van der Waals surface area contributed by atoms with Gasteiger partial charge in [0, 0.05) is 23.9 Å². The number of esters is 1. The molecule has 5 nitrogen and oxygen atoms in total. The van der Waals surface area contributed by atoms with Gasteiger partial charge in [-0.25, -0.2) is 4.98 Å². The highest BCUT2D eigenvalue weighted by molar-refractivity contribution is 7.23. The number of thiazole rings is 1. The van der Waals surface area contributed by atoms with Crippen LogP contribution >= 0.6 is 11.3 Å². The van der Waals surface area contributed by atoms with E-state index in [4.69, 9.17) is 15.5 Å². The normalized spacial score (nSPS) is 11.3. The molecule has 2 aromatic heterocycles. The number of rotatable bonds is 5. The topological polar surface area (TPSA) is 69.6 Å². The number of hydrogen-bond acceptors (Lipinski definition) is 5. The van der Waals surface area contributed by atoms with Crippen LogP contribution in [0.3, 0.4) is 0 Å². The van der Waals surface area contributed by atoms with E-state index in [9.17, 15) is 4.79 Å². The van der Waals surface area contributed by atoms with Crippen molar-refractivity contribution >= 4 is 38.2 Å². The number of anilines is 1. The minimum absolute atomic E-state index is 0.156. The van der Waals surface area contributed by atoms with E-state index in [1.165, 1.54) is 4.70 Å². The van der Waals surface area contributed by atoms with Gasteiger partial charge in [0.1, 0.15) is 0 Å². The number of ether oxygens (including phenoxy) is 1. The SMILES string of the molecule is CCOC(=O)CCc1ccc2sc3nc(-c4ccc(N)cc4)cn3c2c1. The molecule has 26 heavy (non-hydrogen) atoms. The Morgan fingerprint density at radius 3 is 2.81 bits per heavy atom. The lowest BCUT2D eigenvalue weighted by Gasteiger charge is -2.03. The summed E-state index contributed by atoms with van der Waals surface area (Å²) in [5.41, 5.74) is 10.7. The smallest absolute Gasteiger partial charge is 0.306 e. The van der Waals surface area contributed by atoms with Gasteiger partial charge >= 0.3 is 5.97 Å². The Kier molecular flexibility index (Phi) is 4.34. The van der Waals surface area contributed by atoms with E-state index in [-0.39, 0.29) is 5.97 Å². The van der Waals surface area contributed by atoms with Gasteiger partial charge in [-0.05, 0) is 43.2 Å². The number of fused-ring (bicyclic) bond motifs is 3. The maximum Gasteiger partial charge on any atom is 0.306 e. The van der Waals surface area contributed by atoms with Crippen molar-refractivity contribution in [1.29, 1.82) is 0 Å². The first kappa shape index (κ1) is 16.6. The van der Waals surface area contributed by atoms with Crippen LogP contribution < -0.4 is 5.73 Å². The molecule has 0 amide bonds. The average molecular weight is 365 g/mol. The molecule has 0 atom stereocenters. The summed E-state index contributed by atoms with van der Waals surface area (Å²) in [5, 5.41) is 0. The monoisotopic (exact) mass is 365 g/mol. The Hall–Kier alpha value is -2.86. The van der Waals surface area contributed by atoms with Crippen LogP contribution in [-0.2, 0) is 16.0 Å². The van der Waals surface area contributed by atoms with Crippen molar-refractivity contribution in [2.24, 2.45) is 0 Å². The lowest BCUT2D eigenvalue weighted by molar-refractivity contribution is -0.143. The van der Waals surface area contributed by atoms with Crippen molar-refractivity contribution in [1.82, 2.24) is 9.38 Å². The highest BCUT2D eigenvalue weighted by atomic mass is 32.1. The summed E-state index contributed by atoms with van der Waals surface area (Å²) in [7, 11) is 0. The third kappa shape index (κ3) is 3.15. The summed E-state index contributed by atoms with van der Waals surface area (Å²) in [6.07, 6.45) is 3.12. The van der Waals surface area contributed by atoms with Gasteiger partial charge in [-0.15, -0.1) is 0 Å². The molecule has 0 bridgehead atoms. The Balaban J connectivity index is 1.66. The third-order valence-electron chi connectivity index (χ3n) is 4.29. The lowest BCUT2D eigenvalue weighted by Crippen LogP contribution is -2.05. The van der Waals surface area contributed by atoms with Crippen LogP contribution in [0, 0.1) is 0 Å². The second-order valence-electron chi connectivity index (χ2n) is 6.11. The predicted octanol–water partition coefficient (Wildman–Crippen LogP) is 4.29. The average Bonchev–Trinajstić information content (AvgIpc) is 3.19. The number of nitrogens with two attached hydrogens (primary N) is 1. The molecule has 0 spiro atoms. The van der Waals surface area contributed by atoms with Crippen LogP contribution in [0.4, 0.5) is 5.69 Å². The summed E-state index contributed by atoms with van der Waals surface area (Å²) < 4.78 is 8.29. The number of carbonyl (C=O) groups excluding carboxylic acids is 1. The largest absolute Gasteiger partial charge is 0.466 e. The first-order chi connectivity index (χ1) is 12.6. The Morgan fingerprint density at radius 1 is 1.23 bits per heavy atom. The summed E-state index contributed by atoms with van der Waals surface area (Å²) in [5.74, 6) is -0.156. The lowest BCUT2D eigenvalue weighted by atomic mass is 10.1. The quantitative estimate of drug-likeness (QED) is 0.423. The molecule has 0 radical (unpaired) electrons. The summed E-state index contributed by atoms with van der Waals surface area (Å²) in [4.78, 5) is 17.3. The van der Waals surface area contributed by atoms with Crippen LogP contribution in [0.1, 0.15) is 18.9 Å². The predicted molar refractivity (Wildman–Crippen MR) is 105 cm³/mol. The first-order valence-corrected chi connectivity index (χ1v) is 9.38. The van der Waals surface area contributed by atoms with E-state index in [1.54, 1.807) is 11.3 Å². The molecule has 4 aromatic rings. The van der Waals surface area contributed by atoms with Gasteiger partial charge in [0.25, 0.3) is 0 Å². The first-order valence-electron chi connectivity index (χ1n) is 8.56. The highest BCUT2D eigenvalue weighted by Gasteiger charge is 2.11. The van der Waals surface area contributed by atoms with Crippen molar-refractivity contribution in [3.63, 3.8) is 0 Å². The van der Waals surface area contributed by atoms with E-state index in [0.29, 0.717) is 19.4 Å². The molecule has 0 unspecified atom stereocenters. The van der Waals surface area contributed by atoms with Crippen molar-refractivity contribution in [3.8, 4) is 11.3 Å². The van der Waals surface area contributed by atoms with E-state index in [0.717, 1.165) is 33.0 Å². The van der Waals surface area contributed by atoms with Gasteiger partial charge in [-0.1, -0.05) is 29.5 Å². The van der Waals surface area contributed by atoms with Crippen molar-refractivity contribution in [2.75, 3.05) is 12.3 Å². The van der Waals surface area contributed by atoms with Crippen molar-refractivity contribution < 1.29 is 9.53 Å². The van der Waals surface area contributed by atoms with Crippen LogP contribution in [0.15, 0.2) is 48.7 Å². The molecule has 0 aliphatic carbocycles. The summed E-state index contributed by atoms with van der Waals surface area (Å²) in [6.45, 7) is 2.25. The number of benzene rings is 2. The minimum Gasteiger partial charge on any atom is -0.466 e. The number of nitrogen functional groups attached to an aromatic ring is 1. The molecule has 6 heteroatoms. The molecule has 0 aliphatic rings. The molecule has 2 aromatic carbocycles. The molecular formula is C20H19N3O2S. The van der Waals surface area contributed by atoms with Crippen molar-refractivity contribution in [2.45, 2.75) is 19.8 Å². The number of aryl methyl sites for hydroxylation is 1. The van der Waals surface area contributed by atoms with Crippen LogP contribution in [0.2, 0.25) is 0 Å². The molecule has 0 saturated heterocycles. The summed E-state index contributed by atoms with van der Waals surface area (Å²) in [6, 6.07) is 14.0. The zero-order valence-electron chi connectivity index (χ0n) is 14.4. The Morgan fingerprint density at radius 2 is 2.04 bits per heavy atom. The van der Waals surface area contributed by atoms with Crippen LogP contribution in [0.25, 0.3) is 26.4 Å². The highest BCUT2D eigenvalue weighted by Crippen LogP contribution is 2.30. The Bertz CT molecular complexity index is 1080. The van der Waals surface area contributed by atoms with Crippen molar-refractivity contribution in [3.05, 3.63) is 54.2 Å². The number of aromatic nitrogens is 2. The molecule has 0 saturated carbocycles. The van der Waals surface area contributed by atoms with Gasteiger partial charge in [-0.2, -0.15) is 0 Å². The number of hydrogen-bond donors (Lipinski definition) is 1. The molecule has 132 valence electrons. The van der Waals surface area contributed by atoms with Gasteiger partial charge < -0.3 is 10.5 Å². The fraction of sp³-hybridized carbons (Fsp3) is 0.200. The maximum absolute atomic E-state index is 11.6. The van der Waals surface area contributed by atoms with Gasteiger partial charge in [-0.3, -0.25) is 9.20 Å². The number of imidazole rings is 1. The Labute approximate surface area is 155 Å². The fourth-order valence-electron chi connectivity index (χ4n) is 2.97. The van der Waals surface area contributed by atoms with E-state index < -0.39 is 0 Å². The molecule has 0 fully saturated rings. The second kappa shape index (κ2) is 6.80. The maximum atomic E-state index is 11.6. The van der Waals surface area contributed by atoms with E-state index >= 15 is 0 Å². The fourth-order valence-corrected chi connectivity index (χ4v) is 3.96. The molecule has 0 aliphatic heterocycles. The standard InChI is InChI=1S/C20H19N3O2S/c1-2-25-19(24)10-4-13-3-9-18-17(11-13)23-12-16(22-20(23)26-18)14-5-7-15(21)8-6-14/h3,5-9,11-12H,2,4,10,21H2,1H3. The molecule has 4 rings (SSSR count). The zero-order valence-corrected chi connectivity index (χ0v) is 15.3. The van der Waals surface area contributed by atoms with Crippen LogP contribution in [0.5, 0.6) is 0 Å². The third-order valence-corrected chi connectivity index (χ3v) is 5.32. The molecule has 2 heterocycles. The molecule has 2 N–H and O–H groups in total. The minimum atomic E-state index is -0.156. The summed E-state index contributed by atoms with van der Waals surface area (Å²) >= 11 is 1.66. The van der Waals surface area contributed by atoms with Crippen LogP contribution in [-0.4, -0.2) is 22.0 Å². The zero-order chi connectivity index (χ0) is 18.1. The molecular weight excluding hydrogens is 346 g/mol. The number of nitrogens with zero attached hydrogens (tertiary/aromatic N) is 2. The van der Waals surface area contributed by atoms with Gasteiger partial charge in [0.2, 0.25) is 0 Å². The van der Waals surface area contributed by atoms with E-state index in [2.05, 4.69) is 28.8 Å². The van der Waals surface area contributed by atoms with Gasteiger partial charge in [0.15, 0.2) is 4.96 Å². The van der Waals surface area contributed by atoms with E-state index in [1.807, 2.05) is 31.2 Å². The second-order valence-corrected chi connectivity index (χ2v) is 7.12.